The van der Waals surface area contributed by atoms with Crippen LogP contribution in [0, 0.1) is 5.92 Å². The van der Waals surface area contributed by atoms with Crippen molar-refractivity contribution in [3.05, 3.63) is 64.7 Å². The van der Waals surface area contributed by atoms with Gasteiger partial charge in [0.25, 0.3) is 5.91 Å². The number of nitrogens with zero attached hydrogens (tertiary/aromatic N) is 2. The van der Waals surface area contributed by atoms with Gasteiger partial charge in [-0.25, -0.2) is 0 Å². The monoisotopic (exact) mass is 465 g/mol. The Kier molecular flexibility index (Phi) is 7.49. The third kappa shape index (κ3) is 5.30. The third-order valence-corrected chi connectivity index (χ3v) is 7.03. The molecule has 1 aliphatic carbocycles. The summed E-state index contributed by atoms with van der Waals surface area (Å²) >= 11 is 6.39. The van der Waals surface area contributed by atoms with Crippen molar-refractivity contribution in [2.45, 2.75) is 64.5 Å². The summed E-state index contributed by atoms with van der Waals surface area (Å²) in [7, 11) is 0. The lowest BCUT2D eigenvalue weighted by molar-refractivity contribution is -0.125. The molecule has 6 heteroatoms. The quantitative estimate of drug-likeness (QED) is 0.621. The molecule has 2 aromatic carbocycles. The Balaban J connectivity index is 1.74. The van der Waals surface area contributed by atoms with Gasteiger partial charge in [-0.05, 0) is 37.0 Å². The number of rotatable bonds is 6. The molecule has 2 atom stereocenters. The number of fused-ring (bicyclic) bond motifs is 1. The molecule has 1 saturated carbocycles. The number of nitrogens with one attached hydrogen (secondary N) is 1. The average molecular weight is 466 g/mol. The number of hydrogen-bond acceptors (Lipinski definition) is 3. The molecule has 4 rings (SSSR count). The highest BCUT2D eigenvalue weighted by atomic mass is 35.5. The second-order valence-electron chi connectivity index (χ2n) is 9.16. The second kappa shape index (κ2) is 10.5. The SMILES string of the molecule is CC[C@H](C)[C@H]1N=C(c2ccccc2)c2cc(Cl)ccc2N(CC(=O)NC2CCCCC2)C1=O. The van der Waals surface area contributed by atoms with Gasteiger partial charge < -0.3 is 10.2 Å². The van der Waals surface area contributed by atoms with E-state index in [0.29, 0.717) is 10.7 Å². The molecule has 0 unspecified atom stereocenters. The molecular weight excluding hydrogens is 434 g/mol. The van der Waals surface area contributed by atoms with E-state index >= 15 is 0 Å². The van der Waals surface area contributed by atoms with E-state index in [9.17, 15) is 9.59 Å². The van der Waals surface area contributed by atoms with Crippen LogP contribution in [0.3, 0.4) is 0 Å². The van der Waals surface area contributed by atoms with Crippen molar-refractivity contribution in [2.75, 3.05) is 11.4 Å². The fraction of sp³-hybridized carbons (Fsp3) is 0.444. The minimum atomic E-state index is -0.570. The molecule has 5 nitrogen and oxygen atoms in total. The van der Waals surface area contributed by atoms with E-state index in [1.807, 2.05) is 49.4 Å². The largest absolute Gasteiger partial charge is 0.352 e. The fourth-order valence-electron chi connectivity index (χ4n) is 4.72. The summed E-state index contributed by atoms with van der Waals surface area (Å²) < 4.78 is 0. The van der Waals surface area contributed by atoms with Crippen LogP contribution in [0.15, 0.2) is 53.5 Å². The Bertz CT molecular complexity index is 1030. The number of carbonyl (C=O) groups is 2. The zero-order chi connectivity index (χ0) is 23.4. The highest BCUT2D eigenvalue weighted by molar-refractivity contribution is 6.32. The number of aliphatic imine (C=N–C) groups is 1. The molecule has 0 saturated heterocycles. The van der Waals surface area contributed by atoms with Gasteiger partial charge in [0, 0.05) is 22.2 Å². The molecule has 1 fully saturated rings. The average Bonchev–Trinajstić information content (AvgIpc) is 2.94. The van der Waals surface area contributed by atoms with Crippen molar-refractivity contribution >= 4 is 34.8 Å². The highest BCUT2D eigenvalue weighted by Gasteiger charge is 2.36. The minimum Gasteiger partial charge on any atom is -0.352 e. The molecule has 2 aliphatic rings. The zero-order valence-electron chi connectivity index (χ0n) is 19.4. The van der Waals surface area contributed by atoms with Gasteiger partial charge in [0.15, 0.2) is 0 Å². The van der Waals surface area contributed by atoms with Crippen LogP contribution in [0.4, 0.5) is 5.69 Å². The Morgan fingerprint density at radius 2 is 1.88 bits per heavy atom. The molecule has 33 heavy (non-hydrogen) atoms. The molecule has 174 valence electrons. The first kappa shape index (κ1) is 23.5. The summed E-state index contributed by atoms with van der Waals surface area (Å²) in [5, 5.41) is 3.72. The van der Waals surface area contributed by atoms with E-state index in [1.165, 1.54) is 6.42 Å². The maximum Gasteiger partial charge on any atom is 0.252 e. The van der Waals surface area contributed by atoms with Gasteiger partial charge in [0.05, 0.1) is 11.4 Å². The predicted octanol–water partition coefficient (Wildman–Crippen LogP) is 5.39. The molecule has 1 aliphatic heterocycles. The van der Waals surface area contributed by atoms with Crippen LogP contribution in [0.2, 0.25) is 5.02 Å². The van der Waals surface area contributed by atoms with E-state index in [-0.39, 0.29) is 30.3 Å². The summed E-state index contributed by atoms with van der Waals surface area (Å²) in [5.41, 5.74) is 3.12. The van der Waals surface area contributed by atoms with Gasteiger partial charge in [0.1, 0.15) is 12.6 Å². The van der Waals surface area contributed by atoms with Crippen LogP contribution in [0.25, 0.3) is 0 Å². The maximum absolute atomic E-state index is 13.8. The molecular formula is C27H32ClN3O2. The summed E-state index contributed by atoms with van der Waals surface area (Å²) in [4.78, 5) is 33.4. The molecule has 1 heterocycles. The first-order chi connectivity index (χ1) is 16.0. The highest BCUT2D eigenvalue weighted by Crippen LogP contribution is 2.33. The maximum atomic E-state index is 13.8. The molecule has 1 N–H and O–H groups in total. The molecule has 0 radical (unpaired) electrons. The summed E-state index contributed by atoms with van der Waals surface area (Å²) in [6.45, 7) is 4.08. The predicted molar refractivity (Wildman–Crippen MR) is 134 cm³/mol. The van der Waals surface area contributed by atoms with Crippen molar-refractivity contribution in [1.82, 2.24) is 5.32 Å². The van der Waals surface area contributed by atoms with Gasteiger partial charge in [0.2, 0.25) is 5.91 Å². The van der Waals surface area contributed by atoms with Crippen LogP contribution in [0.5, 0.6) is 0 Å². The van der Waals surface area contributed by atoms with Crippen LogP contribution in [0.1, 0.15) is 63.5 Å². The number of hydrogen-bond donors (Lipinski definition) is 1. The smallest absolute Gasteiger partial charge is 0.252 e. The van der Waals surface area contributed by atoms with E-state index in [2.05, 4.69) is 12.2 Å². The van der Waals surface area contributed by atoms with Crippen molar-refractivity contribution in [1.29, 1.82) is 0 Å². The van der Waals surface area contributed by atoms with Crippen molar-refractivity contribution in [2.24, 2.45) is 10.9 Å². The standard InChI is InChI=1S/C27H32ClN3O2/c1-3-18(2)25-27(33)31(17-24(32)29-21-12-8-5-9-13-21)23-15-14-20(28)16-22(23)26(30-25)19-10-6-4-7-11-19/h4,6-7,10-11,14-16,18,21,25H,3,5,8-9,12-13,17H2,1-2H3,(H,29,32)/t18-,25+/m0/s1. The van der Waals surface area contributed by atoms with Crippen molar-refractivity contribution in [3.63, 3.8) is 0 Å². The van der Waals surface area contributed by atoms with Gasteiger partial charge in [-0.3, -0.25) is 14.6 Å². The van der Waals surface area contributed by atoms with Crippen molar-refractivity contribution < 1.29 is 9.59 Å². The number of halogens is 1. The third-order valence-electron chi connectivity index (χ3n) is 6.79. The normalized spacial score (nSPS) is 20.0. The van der Waals surface area contributed by atoms with Crippen molar-refractivity contribution in [3.8, 4) is 0 Å². The van der Waals surface area contributed by atoms with Gasteiger partial charge in [-0.1, -0.05) is 81.5 Å². The van der Waals surface area contributed by atoms with Gasteiger partial charge in [-0.2, -0.15) is 0 Å². The van der Waals surface area contributed by atoms with Crippen LogP contribution >= 0.6 is 11.6 Å². The first-order valence-corrected chi connectivity index (χ1v) is 12.4. The van der Waals surface area contributed by atoms with E-state index in [1.54, 1.807) is 11.0 Å². The number of benzodiazepines with no additional fused rings is 1. The Morgan fingerprint density at radius 3 is 2.58 bits per heavy atom. The van der Waals surface area contributed by atoms with Crippen LogP contribution in [-0.4, -0.2) is 36.2 Å². The topological polar surface area (TPSA) is 61.8 Å². The van der Waals surface area contributed by atoms with Gasteiger partial charge >= 0.3 is 0 Å². The first-order valence-electron chi connectivity index (χ1n) is 12.0. The minimum absolute atomic E-state index is 0.0194. The van der Waals surface area contributed by atoms with E-state index in [4.69, 9.17) is 16.6 Å². The number of carbonyl (C=O) groups excluding carboxylic acids is 2. The lowest BCUT2D eigenvalue weighted by atomic mass is 9.95. The summed E-state index contributed by atoms with van der Waals surface area (Å²) in [5.74, 6) is -0.232. The number of amides is 2. The van der Waals surface area contributed by atoms with E-state index in [0.717, 1.165) is 48.9 Å². The zero-order valence-corrected chi connectivity index (χ0v) is 20.1. The Labute approximate surface area is 201 Å². The molecule has 0 aromatic heterocycles. The Morgan fingerprint density at radius 1 is 1.15 bits per heavy atom. The molecule has 2 amide bonds. The van der Waals surface area contributed by atoms with Crippen LogP contribution in [-0.2, 0) is 9.59 Å². The molecule has 0 spiro atoms. The summed E-state index contributed by atoms with van der Waals surface area (Å²) in [6, 6.07) is 14.9. The Hall–Kier alpha value is -2.66. The number of benzene rings is 2. The summed E-state index contributed by atoms with van der Waals surface area (Å²) in [6.07, 6.45) is 6.31. The molecule has 0 bridgehead atoms. The van der Waals surface area contributed by atoms with Crippen LogP contribution < -0.4 is 10.2 Å². The molecule has 2 aromatic rings. The number of anilines is 1. The fourth-order valence-corrected chi connectivity index (χ4v) is 4.89. The second-order valence-corrected chi connectivity index (χ2v) is 9.60. The van der Waals surface area contributed by atoms with E-state index < -0.39 is 6.04 Å². The van der Waals surface area contributed by atoms with Gasteiger partial charge in [-0.15, -0.1) is 0 Å². The lowest BCUT2D eigenvalue weighted by Crippen LogP contribution is -2.48. The lowest BCUT2D eigenvalue weighted by Gasteiger charge is -2.28.